The Morgan fingerprint density at radius 1 is 0.933 bits per heavy atom. The lowest BCUT2D eigenvalue weighted by Crippen LogP contribution is -2.38. The maximum Gasteiger partial charge on any atom is 0.264 e. The Labute approximate surface area is 186 Å². The van der Waals surface area contributed by atoms with E-state index in [0.717, 1.165) is 15.4 Å². The molecule has 0 saturated heterocycles. The highest BCUT2D eigenvalue weighted by Gasteiger charge is 2.28. The molecule has 156 valence electrons. The van der Waals surface area contributed by atoms with E-state index in [1.807, 2.05) is 32.0 Å². The molecular weight excluding hydrogens is 443 g/mol. The number of nitrogens with zero attached hydrogens (tertiary/aromatic N) is 1. The van der Waals surface area contributed by atoms with Gasteiger partial charge in [0.2, 0.25) is 5.91 Å². The predicted molar refractivity (Wildman–Crippen MR) is 122 cm³/mol. The van der Waals surface area contributed by atoms with E-state index in [4.69, 9.17) is 23.2 Å². The van der Waals surface area contributed by atoms with Crippen molar-refractivity contribution in [2.75, 3.05) is 16.2 Å². The van der Waals surface area contributed by atoms with Crippen LogP contribution in [0.25, 0.3) is 0 Å². The third-order valence-corrected chi connectivity index (χ3v) is 6.61. The summed E-state index contributed by atoms with van der Waals surface area (Å²) in [4.78, 5) is 12.8. The van der Waals surface area contributed by atoms with Crippen molar-refractivity contribution in [3.8, 4) is 0 Å². The summed E-state index contributed by atoms with van der Waals surface area (Å²) in [5, 5.41) is 3.25. The Bertz CT molecular complexity index is 1160. The zero-order valence-electron chi connectivity index (χ0n) is 16.4. The fourth-order valence-electron chi connectivity index (χ4n) is 3.08. The molecular formula is C22H20Cl2N2O3S. The fraction of sp³-hybridized carbons (Fsp3) is 0.136. The van der Waals surface area contributed by atoms with Gasteiger partial charge in [-0.3, -0.25) is 9.10 Å². The third-order valence-electron chi connectivity index (χ3n) is 4.30. The number of carbonyl (C=O) groups excluding carboxylic acids is 1. The van der Waals surface area contributed by atoms with Gasteiger partial charge in [-0.05, 0) is 67.4 Å². The zero-order chi connectivity index (χ0) is 21.9. The highest BCUT2D eigenvalue weighted by atomic mass is 35.5. The summed E-state index contributed by atoms with van der Waals surface area (Å²) in [6, 6.07) is 17.9. The number of halogens is 2. The number of rotatable bonds is 6. The summed E-state index contributed by atoms with van der Waals surface area (Å²) in [7, 11) is -4.05. The highest BCUT2D eigenvalue weighted by Crippen LogP contribution is 2.32. The van der Waals surface area contributed by atoms with Crippen LogP contribution in [0.4, 0.5) is 11.4 Å². The molecule has 3 rings (SSSR count). The minimum atomic E-state index is -4.05. The van der Waals surface area contributed by atoms with Crippen LogP contribution in [0.2, 0.25) is 10.0 Å². The zero-order valence-corrected chi connectivity index (χ0v) is 18.7. The third kappa shape index (κ3) is 5.14. The number of sulfonamides is 1. The van der Waals surface area contributed by atoms with Gasteiger partial charge in [0.25, 0.3) is 10.0 Å². The van der Waals surface area contributed by atoms with Crippen molar-refractivity contribution in [3.05, 3.63) is 87.9 Å². The van der Waals surface area contributed by atoms with Crippen LogP contribution in [0.1, 0.15) is 11.1 Å². The Morgan fingerprint density at radius 2 is 1.57 bits per heavy atom. The molecule has 5 nitrogen and oxygen atoms in total. The van der Waals surface area contributed by atoms with E-state index >= 15 is 0 Å². The Kier molecular flexibility index (Phi) is 6.71. The first kappa shape index (κ1) is 22.2. The number of nitrogens with one attached hydrogen (secondary N) is 1. The van der Waals surface area contributed by atoms with E-state index in [9.17, 15) is 13.2 Å². The van der Waals surface area contributed by atoms with Crippen molar-refractivity contribution in [1.82, 2.24) is 0 Å². The van der Waals surface area contributed by atoms with Crippen molar-refractivity contribution in [2.45, 2.75) is 18.7 Å². The smallest absolute Gasteiger partial charge is 0.264 e. The molecule has 1 N–H and O–H groups in total. The number of benzene rings is 3. The quantitative estimate of drug-likeness (QED) is 0.529. The van der Waals surface area contributed by atoms with Crippen molar-refractivity contribution >= 4 is 50.5 Å². The fourth-order valence-corrected chi connectivity index (χ4v) is 5.10. The van der Waals surface area contributed by atoms with Crippen LogP contribution in [0.5, 0.6) is 0 Å². The first-order valence-electron chi connectivity index (χ1n) is 9.08. The van der Waals surface area contributed by atoms with Crippen LogP contribution in [0.3, 0.4) is 0 Å². The van der Waals surface area contributed by atoms with E-state index in [-0.39, 0.29) is 15.6 Å². The van der Waals surface area contributed by atoms with Gasteiger partial charge in [-0.1, -0.05) is 47.5 Å². The van der Waals surface area contributed by atoms with Crippen molar-refractivity contribution in [3.63, 3.8) is 0 Å². The lowest BCUT2D eigenvalue weighted by Gasteiger charge is -2.25. The van der Waals surface area contributed by atoms with Crippen molar-refractivity contribution in [2.24, 2.45) is 0 Å². The summed E-state index contributed by atoms with van der Waals surface area (Å²) >= 11 is 12.2. The van der Waals surface area contributed by atoms with Gasteiger partial charge in [-0.15, -0.1) is 0 Å². The molecule has 3 aromatic rings. The standard InChI is InChI=1S/C22H20Cl2N2O3S/c1-15-10-16(2)12-18(11-15)25-22(27)14-26(21-9-8-17(23)13-20(21)24)30(28,29)19-6-4-3-5-7-19/h3-13H,14H2,1-2H3,(H,25,27). The van der Waals surface area contributed by atoms with Crippen LogP contribution in [0.15, 0.2) is 71.6 Å². The van der Waals surface area contributed by atoms with E-state index < -0.39 is 22.5 Å². The van der Waals surface area contributed by atoms with Crippen LogP contribution in [-0.4, -0.2) is 20.9 Å². The average Bonchev–Trinajstić information content (AvgIpc) is 2.66. The second-order valence-electron chi connectivity index (χ2n) is 6.85. The Balaban J connectivity index is 1.98. The van der Waals surface area contributed by atoms with Gasteiger partial charge in [0.05, 0.1) is 15.6 Å². The molecule has 0 unspecified atom stereocenters. The SMILES string of the molecule is Cc1cc(C)cc(NC(=O)CN(c2ccc(Cl)cc2Cl)S(=O)(=O)c2ccccc2)c1. The molecule has 0 heterocycles. The Morgan fingerprint density at radius 3 is 2.17 bits per heavy atom. The molecule has 0 aromatic heterocycles. The van der Waals surface area contributed by atoms with E-state index in [2.05, 4.69) is 5.32 Å². The van der Waals surface area contributed by atoms with Gasteiger partial charge in [0, 0.05) is 10.7 Å². The lowest BCUT2D eigenvalue weighted by atomic mass is 10.1. The van der Waals surface area contributed by atoms with E-state index in [1.54, 1.807) is 18.2 Å². The normalized spacial score (nSPS) is 11.2. The molecule has 8 heteroatoms. The van der Waals surface area contributed by atoms with Crippen LogP contribution in [0, 0.1) is 13.8 Å². The first-order valence-corrected chi connectivity index (χ1v) is 11.3. The summed E-state index contributed by atoms with van der Waals surface area (Å²) in [5.74, 6) is -0.495. The monoisotopic (exact) mass is 462 g/mol. The van der Waals surface area contributed by atoms with Crippen molar-refractivity contribution < 1.29 is 13.2 Å². The van der Waals surface area contributed by atoms with Gasteiger partial charge in [0.1, 0.15) is 6.54 Å². The molecule has 0 aliphatic carbocycles. The van der Waals surface area contributed by atoms with Crippen LogP contribution in [-0.2, 0) is 14.8 Å². The van der Waals surface area contributed by atoms with Gasteiger partial charge >= 0.3 is 0 Å². The maximum absolute atomic E-state index is 13.3. The highest BCUT2D eigenvalue weighted by molar-refractivity contribution is 7.92. The molecule has 0 spiro atoms. The van der Waals surface area contributed by atoms with Crippen molar-refractivity contribution in [1.29, 1.82) is 0 Å². The maximum atomic E-state index is 13.3. The number of aryl methyl sites for hydroxylation is 2. The average molecular weight is 463 g/mol. The number of anilines is 2. The summed E-state index contributed by atoms with van der Waals surface area (Å²) in [6.07, 6.45) is 0. The minimum absolute atomic E-state index is 0.0511. The van der Waals surface area contributed by atoms with Crippen LogP contribution >= 0.6 is 23.2 Å². The molecule has 0 fully saturated rings. The molecule has 0 aliphatic heterocycles. The molecule has 0 saturated carbocycles. The molecule has 0 aliphatic rings. The first-order chi connectivity index (χ1) is 14.2. The largest absolute Gasteiger partial charge is 0.324 e. The van der Waals surface area contributed by atoms with Gasteiger partial charge in [-0.2, -0.15) is 0 Å². The number of hydrogen-bond acceptors (Lipinski definition) is 3. The second kappa shape index (κ2) is 9.08. The molecule has 0 bridgehead atoms. The minimum Gasteiger partial charge on any atom is -0.324 e. The van der Waals surface area contributed by atoms with Gasteiger partial charge in [0.15, 0.2) is 0 Å². The van der Waals surface area contributed by atoms with Crippen LogP contribution < -0.4 is 9.62 Å². The molecule has 0 atom stereocenters. The molecule has 30 heavy (non-hydrogen) atoms. The second-order valence-corrected chi connectivity index (χ2v) is 9.55. The summed E-state index contributed by atoms with van der Waals surface area (Å²) in [6.45, 7) is 3.39. The molecule has 3 aromatic carbocycles. The van der Waals surface area contributed by atoms with Gasteiger partial charge in [-0.25, -0.2) is 8.42 Å². The molecule has 1 amide bonds. The lowest BCUT2D eigenvalue weighted by molar-refractivity contribution is -0.114. The predicted octanol–water partition coefficient (Wildman–Crippen LogP) is 5.44. The summed E-state index contributed by atoms with van der Waals surface area (Å²) < 4.78 is 27.6. The van der Waals surface area contributed by atoms with E-state index in [1.165, 1.54) is 30.3 Å². The van der Waals surface area contributed by atoms with E-state index in [0.29, 0.717) is 10.7 Å². The van der Waals surface area contributed by atoms with Gasteiger partial charge < -0.3 is 5.32 Å². The summed E-state index contributed by atoms with van der Waals surface area (Å²) in [5.41, 5.74) is 2.73. The number of amides is 1. The number of carbonyl (C=O) groups is 1. The molecule has 0 radical (unpaired) electrons. The number of hydrogen-bond donors (Lipinski definition) is 1. The topological polar surface area (TPSA) is 66.5 Å². The Hall–Kier alpha value is -2.54.